The van der Waals surface area contributed by atoms with Crippen molar-refractivity contribution in [1.82, 2.24) is 14.5 Å². The Morgan fingerprint density at radius 3 is 2.74 bits per heavy atom. The second-order valence-corrected chi connectivity index (χ2v) is 4.67. The van der Waals surface area contributed by atoms with Gasteiger partial charge in [-0.05, 0) is 42.7 Å². The highest BCUT2D eigenvalue weighted by atomic mass is 15.1. The molecule has 4 nitrogen and oxygen atoms in total. The lowest BCUT2D eigenvalue weighted by Crippen LogP contribution is -2.06. The van der Waals surface area contributed by atoms with Crippen LogP contribution in [0.4, 0.5) is 5.95 Å². The minimum absolute atomic E-state index is 0.582. The van der Waals surface area contributed by atoms with Crippen LogP contribution in [-0.4, -0.2) is 14.5 Å². The number of imidazole rings is 1. The van der Waals surface area contributed by atoms with E-state index in [0.29, 0.717) is 5.95 Å². The zero-order chi connectivity index (χ0) is 13.2. The summed E-state index contributed by atoms with van der Waals surface area (Å²) in [6, 6.07) is 10.2. The molecule has 2 N–H and O–H groups in total. The van der Waals surface area contributed by atoms with Gasteiger partial charge in [-0.25, -0.2) is 4.98 Å². The molecule has 1 aromatic carbocycles. The molecule has 2 aromatic heterocycles. The molecular weight excluding hydrogens is 236 g/mol. The van der Waals surface area contributed by atoms with E-state index in [0.717, 1.165) is 24.0 Å². The van der Waals surface area contributed by atoms with E-state index in [1.54, 1.807) is 0 Å². The Bertz CT molecular complexity index is 701. The summed E-state index contributed by atoms with van der Waals surface area (Å²) in [4.78, 5) is 8.44. The largest absolute Gasteiger partial charge is 0.369 e. The van der Waals surface area contributed by atoms with Gasteiger partial charge in [-0.15, -0.1) is 0 Å². The molecule has 0 amide bonds. The van der Waals surface area contributed by atoms with Crippen molar-refractivity contribution in [2.24, 2.45) is 0 Å². The Morgan fingerprint density at radius 1 is 1.16 bits per heavy atom. The number of nitrogens with two attached hydrogens (primary N) is 1. The number of fused-ring (bicyclic) bond motifs is 1. The molecule has 2 heterocycles. The third-order valence-electron chi connectivity index (χ3n) is 3.37. The van der Waals surface area contributed by atoms with Gasteiger partial charge in [-0.3, -0.25) is 4.98 Å². The molecule has 0 fully saturated rings. The molecule has 3 rings (SSSR count). The van der Waals surface area contributed by atoms with Crippen LogP contribution in [0.5, 0.6) is 0 Å². The fourth-order valence-electron chi connectivity index (χ4n) is 2.40. The summed E-state index contributed by atoms with van der Waals surface area (Å²) in [5.74, 6) is 0.582. The molecule has 0 saturated heterocycles. The van der Waals surface area contributed by atoms with E-state index in [9.17, 15) is 0 Å². The average molecular weight is 252 g/mol. The first-order valence-corrected chi connectivity index (χ1v) is 6.36. The number of pyridine rings is 1. The lowest BCUT2D eigenvalue weighted by atomic mass is 10.2. The predicted octanol–water partition coefficient (Wildman–Crippen LogP) is 2.56. The van der Waals surface area contributed by atoms with Crippen LogP contribution in [0.1, 0.15) is 11.1 Å². The summed E-state index contributed by atoms with van der Waals surface area (Å²) >= 11 is 0. The molecule has 0 aliphatic heterocycles. The summed E-state index contributed by atoms with van der Waals surface area (Å²) in [7, 11) is 0. The Kier molecular flexibility index (Phi) is 2.91. The molecular formula is C15H16N4. The monoisotopic (exact) mass is 252 g/mol. The van der Waals surface area contributed by atoms with Gasteiger partial charge >= 0.3 is 0 Å². The smallest absolute Gasteiger partial charge is 0.201 e. The summed E-state index contributed by atoms with van der Waals surface area (Å²) in [6.45, 7) is 2.92. The van der Waals surface area contributed by atoms with Crippen molar-refractivity contribution in [3.05, 3.63) is 53.9 Å². The minimum Gasteiger partial charge on any atom is -0.369 e. The summed E-state index contributed by atoms with van der Waals surface area (Å²) in [5.41, 5.74) is 10.6. The van der Waals surface area contributed by atoms with E-state index in [1.165, 1.54) is 11.1 Å². The molecule has 0 spiro atoms. The van der Waals surface area contributed by atoms with Gasteiger partial charge in [-0.2, -0.15) is 0 Å². The van der Waals surface area contributed by atoms with Crippen molar-refractivity contribution in [3.63, 3.8) is 0 Å². The molecule has 19 heavy (non-hydrogen) atoms. The fraction of sp³-hybridized carbons (Fsp3) is 0.200. The molecule has 0 saturated carbocycles. The number of para-hydroxylation sites is 1. The van der Waals surface area contributed by atoms with E-state index in [2.05, 4.69) is 27.5 Å². The van der Waals surface area contributed by atoms with Gasteiger partial charge in [0.15, 0.2) is 0 Å². The Morgan fingerprint density at radius 2 is 1.95 bits per heavy atom. The third kappa shape index (κ3) is 2.17. The second-order valence-electron chi connectivity index (χ2n) is 4.67. The second kappa shape index (κ2) is 4.72. The van der Waals surface area contributed by atoms with Crippen LogP contribution in [0.2, 0.25) is 0 Å². The third-order valence-corrected chi connectivity index (χ3v) is 3.37. The Labute approximate surface area is 111 Å². The zero-order valence-electron chi connectivity index (χ0n) is 10.9. The Hall–Kier alpha value is -2.36. The number of nitrogens with zero attached hydrogens (tertiary/aromatic N) is 3. The van der Waals surface area contributed by atoms with E-state index < -0.39 is 0 Å². The van der Waals surface area contributed by atoms with Gasteiger partial charge in [-0.1, -0.05) is 12.1 Å². The summed E-state index contributed by atoms with van der Waals surface area (Å²) < 4.78 is 2.09. The topological polar surface area (TPSA) is 56.7 Å². The highest BCUT2D eigenvalue weighted by Gasteiger charge is 2.09. The van der Waals surface area contributed by atoms with Crippen molar-refractivity contribution in [1.29, 1.82) is 0 Å². The van der Waals surface area contributed by atoms with Gasteiger partial charge in [0.05, 0.1) is 11.0 Å². The van der Waals surface area contributed by atoms with E-state index in [1.807, 2.05) is 36.7 Å². The van der Waals surface area contributed by atoms with Crippen LogP contribution >= 0.6 is 0 Å². The lowest BCUT2D eigenvalue weighted by Gasteiger charge is -2.08. The number of rotatable bonds is 3. The minimum atomic E-state index is 0.582. The lowest BCUT2D eigenvalue weighted by molar-refractivity contribution is 0.724. The quantitative estimate of drug-likeness (QED) is 0.779. The maximum atomic E-state index is 6.03. The number of aryl methyl sites for hydroxylation is 3. The normalized spacial score (nSPS) is 11.0. The van der Waals surface area contributed by atoms with Crippen LogP contribution < -0.4 is 5.73 Å². The molecule has 0 atom stereocenters. The predicted molar refractivity (Wildman–Crippen MR) is 76.8 cm³/mol. The molecule has 0 aliphatic carbocycles. The zero-order valence-corrected chi connectivity index (χ0v) is 10.9. The highest BCUT2D eigenvalue weighted by molar-refractivity contribution is 5.81. The van der Waals surface area contributed by atoms with Crippen molar-refractivity contribution < 1.29 is 0 Å². The molecule has 0 aliphatic rings. The van der Waals surface area contributed by atoms with E-state index in [4.69, 9.17) is 5.73 Å². The van der Waals surface area contributed by atoms with Crippen LogP contribution in [0.15, 0.2) is 42.7 Å². The molecule has 0 unspecified atom stereocenters. The molecule has 0 radical (unpaired) electrons. The van der Waals surface area contributed by atoms with Crippen LogP contribution in [0, 0.1) is 6.92 Å². The van der Waals surface area contributed by atoms with E-state index >= 15 is 0 Å². The molecule has 0 bridgehead atoms. The van der Waals surface area contributed by atoms with Crippen molar-refractivity contribution in [2.75, 3.05) is 5.73 Å². The fourth-order valence-corrected chi connectivity index (χ4v) is 2.40. The van der Waals surface area contributed by atoms with Crippen LogP contribution in [0.3, 0.4) is 0 Å². The number of aromatic nitrogens is 3. The first-order chi connectivity index (χ1) is 9.25. The van der Waals surface area contributed by atoms with E-state index in [-0.39, 0.29) is 0 Å². The summed E-state index contributed by atoms with van der Waals surface area (Å²) in [5, 5.41) is 0. The molecule has 4 heteroatoms. The van der Waals surface area contributed by atoms with Crippen molar-refractivity contribution in [3.8, 4) is 0 Å². The Balaban J connectivity index is 1.95. The first kappa shape index (κ1) is 11.7. The maximum Gasteiger partial charge on any atom is 0.201 e. The number of hydrogen-bond donors (Lipinski definition) is 1. The van der Waals surface area contributed by atoms with Gasteiger partial charge in [0.2, 0.25) is 5.95 Å². The number of nitrogen functional groups attached to an aromatic ring is 1. The number of hydrogen-bond acceptors (Lipinski definition) is 3. The SMILES string of the molecule is Cc1cccc2nc(N)n(CCc3ccncc3)c12. The van der Waals surface area contributed by atoms with Crippen molar-refractivity contribution >= 4 is 17.0 Å². The van der Waals surface area contributed by atoms with Gasteiger partial charge < -0.3 is 10.3 Å². The molecule has 3 aromatic rings. The number of benzene rings is 1. The van der Waals surface area contributed by atoms with Gasteiger partial charge in [0.1, 0.15) is 0 Å². The summed E-state index contributed by atoms with van der Waals surface area (Å²) in [6.07, 6.45) is 4.55. The van der Waals surface area contributed by atoms with Gasteiger partial charge in [0.25, 0.3) is 0 Å². The highest BCUT2D eigenvalue weighted by Crippen LogP contribution is 2.21. The maximum absolute atomic E-state index is 6.03. The molecule has 96 valence electrons. The first-order valence-electron chi connectivity index (χ1n) is 6.36. The standard InChI is InChI=1S/C15H16N4/c1-11-3-2-4-13-14(11)19(15(16)18-13)10-7-12-5-8-17-9-6-12/h2-6,8-9H,7,10H2,1H3,(H2,16,18). The van der Waals surface area contributed by atoms with Crippen LogP contribution in [0.25, 0.3) is 11.0 Å². The number of anilines is 1. The average Bonchev–Trinajstić information content (AvgIpc) is 2.75. The van der Waals surface area contributed by atoms with Crippen LogP contribution in [-0.2, 0) is 13.0 Å². The van der Waals surface area contributed by atoms with Gasteiger partial charge in [0, 0.05) is 18.9 Å². The van der Waals surface area contributed by atoms with Crippen molar-refractivity contribution in [2.45, 2.75) is 19.9 Å².